The van der Waals surface area contributed by atoms with Gasteiger partial charge in [-0.2, -0.15) is 0 Å². The van der Waals surface area contributed by atoms with E-state index in [0.717, 1.165) is 37.7 Å². The molecule has 1 amide bonds. The number of carbonyl (C=O) groups excluding carboxylic acids is 1. The van der Waals surface area contributed by atoms with Gasteiger partial charge in [-0.25, -0.2) is 0 Å². The van der Waals surface area contributed by atoms with E-state index in [2.05, 4.69) is 30.4 Å². The Bertz CT molecular complexity index is 625. The predicted octanol–water partition coefficient (Wildman–Crippen LogP) is 3.84. The second-order valence-corrected chi connectivity index (χ2v) is 6.01. The number of hydrogen-bond acceptors (Lipinski definition) is 2. The van der Waals surface area contributed by atoms with E-state index in [-0.39, 0.29) is 11.8 Å². The zero-order valence-electron chi connectivity index (χ0n) is 12.7. The van der Waals surface area contributed by atoms with Gasteiger partial charge in [0.2, 0.25) is 5.91 Å². The fourth-order valence-corrected chi connectivity index (χ4v) is 2.90. The molecule has 0 atom stereocenters. The average molecular weight is 285 g/mol. The normalized spacial score (nSPS) is 15.1. The van der Waals surface area contributed by atoms with E-state index >= 15 is 0 Å². The summed E-state index contributed by atoms with van der Waals surface area (Å²) in [7, 11) is 0. The van der Waals surface area contributed by atoms with Crippen LogP contribution in [-0.4, -0.2) is 12.5 Å². The maximum absolute atomic E-state index is 11.8. The highest BCUT2D eigenvalue weighted by molar-refractivity contribution is 5.82. The average Bonchev–Trinajstić information content (AvgIpc) is 2.80. The third kappa shape index (κ3) is 3.12. The van der Waals surface area contributed by atoms with Gasteiger partial charge >= 0.3 is 0 Å². The largest absolute Gasteiger partial charge is 0.464 e. The summed E-state index contributed by atoms with van der Waals surface area (Å²) < 4.78 is 5.61. The summed E-state index contributed by atoms with van der Waals surface area (Å²) in [6.07, 6.45) is 8.22. The summed E-state index contributed by atoms with van der Waals surface area (Å²) >= 11 is 0. The molecule has 1 aliphatic carbocycles. The summed E-state index contributed by atoms with van der Waals surface area (Å²) in [5, 5.41) is 4.24. The van der Waals surface area contributed by atoms with Crippen molar-refractivity contribution >= 4 is 16.9 Å². The lowest BCUT2D eigenvalue weighted by atomic mass is 9.85. The monoisotopic (exact) mass is 285 g/mol. The van der Waals surface area contributed by atoms with E-state index in [1.54, 1.807) is 0 Å². The number of hydrogen-bond donors (Lipinski definition) is 1. The number of fused-ring (bicyclic) bond motifs is 1. The fraction of sp³-hybridized carbons (Fsp3) is 0.500. The van der Waals surface area contributed by atoms with Crippen molar-refractivity contribution in [2.45, 2.75) is 45.4 Å². The van der Waals surface area contributed by atoms with Crippen LogP contribution in [0.4, 0.5) is 0 Å². The topological polar surface area (TPSA) is 42.2 Å². The lowest BCUT2D eigenvalue weighted by Gasteiger charge is -2.23. The molecule has 3 rings (SSSR count). The van der Waals surface area contributed by atoms with Crippen molar-refractivity contribution in [2.75, 3.05) is 6.54 Å². The lowest BCUT2D eigenvalue weighted by Crippen LogP contribution is -2.35. The van der Waals surface area contributed by atoms with Crippen LogP contribution < -0.4 is 5.32 Å². The number of amides is 1. The summed E-state index contributed by atoms with van der Waals surface area (Å²) in [5.41, 5.74) is 3.48. The van der Waals surface area contributed by atoms with E-state index in [9.17, 15) is 4.79 Å². The molecular formula is C18H23NO2. The number of rotatable bonds is 6. The van der Waals surface area contributed by atoms with Crippen molar-refractivity contribution in [1.29, 1.82) is 0 Å². The molecule has 1 aromatic carbocycles. The molecule has 0 bridgehead atoms. The van der Waals surface area contributed by atoms with Crippen LogP contribution in [0.25, 0.3) is 11.0 Å². The molecule has 1 saturated carbocycles. The van der Waals surface area contributed by atoms with Crippen molar-refractivity contribution in [1.82, 2.24) is 5.32 Å². The van der Waals surface area contributed by atoms with Gasteiger partial charge in [0, 0.05) is 17.8 Å². The number of carbonyl (C=O) groups is 1. The van der Waals surface area contributed by atoms with Gasteiger partial charge in [-0.3, -0.25) is 4.79 Å². The lowest BCUT2D eigenvalue weighted by molar-refractivity contribution is -0.127. The Morgan fingerprint density at radius 2 is 2.19 bits per heavy atom. The van der Waals surface area contributed by atoms with Gasteiger partial charge in [-0.1, -0.05) is 25.8 Å². The first-order valence-corrected chi connectivity index (χ1v) is 8.04. The molecule has 3 heteroatoms. The van der Waals surface area contributed by atoms with E-state index < -0.39 is 0 Å². The van der Waals surface area contributed by atoms with Crippen molar-refractivity contribution in [3.05, 3.63) is 35.6 Å². The summed E-state index contributed by atoms with van der Waals surface area (Å²) in [4.78, 5) is 11.8. The van der Waals surface area contributed by atoms with Crippen molar-refractivity contribution in [2.24, 2.45) is 5.92 Å². The zero-order chi connectivity index (χ0) is 14.7. The van der Waals surface area contributed by atoms with Gasteiger partial charge in [0.15, 0.2) is 0 Å². The Labute approximate surface area is 125 Å². The second kappa shape index (κ2) is 6.33. The SMILES string of the molecule is CCCc1ccc2occ(CCNC(=O)C3CCC3)c2c1. The number of benzene rings is 1. The number of furan rings is 1. The molecule has 1 aliphatic rings. The minimum atomic E-state index is 0.223. The number of nitrogens with one attached hydrogen (secondary N) is 1. The predicted molar refractivity (Wildman–Crippen MR) is 84.3 cm³/mol. The molecular weight excluding hydrogens is 262 g/mol. The van der Waals surface area contributed by atoms with Gasteiger partial charge < -0.3 is 9.73 Å². The Morgan fingerprint density at radius 3 is 2.90 bits per heavy atom. The Hall–Kier alpha value is -1.77. The third-order valence-electron chi connectivity index (χ3n) is 4.43. The highest BCUT2D eigenvalue weighted by atomic mass is 16.3. The minimum absolute atomic E-state index is 0.223. The molecule has 2 aromatic rings. The zero-order valence-corrected chi connectivity index (χ0v) is 12.7. The summed E-state index contributed by atoms with van der Waals surface area (Å²) in [6, 6.07) is 6.42. The third-order valence-corrected chi connectivity index (χ3v) is 4.43. The van der Waals surface area contributed by atoms with Crippen molar-refractivity contribution in [3.63, 3.8) is 0 Å². The minimum Gasteiger partial charge on any atom is -0.464 e. The molecule has 1 N–H and O–H groups in total. The first-order chi connectivity index (χ1) is 10.3. The van der Waals surface area contributed by atoms with Crippen LogP contribution in [0.3, 0.4) is 0 Å². The number of aryl methyl sites for hydroxylation is 1. The molecule has 0 saturated heterocycles. The van der Waals surface area contributed by atoms with Crippen LogP contribution in [-0.2, 0) is 17.6 Å². The molecule has 21 heavy (non-hydrogen) atoms. The Kier molecular flexibility index (Phi) is 4.28. The van der Waals surface area contributed by atoms with Crippen LogP contribution in [0.5, 0.6) is 0 Å². The maximum Gasteiger partial charge on any atom is 0.223 e. The standard InChI is InChI=1S/C18H23NO2/c1-2-4-13-7-8-17-16(11-13)15(12-21-17)9-10-19-18(20)14-5-3-6-14/h7-8,11-12,14H,2-6,9-10H2,1H3,(H,19,20). The molecule has 0 aliphatic heterocycles. The molecule has 3 nitrogen and oxygen atoms in total. The molecule has 1 heterocycles. The molecule has 112 valence electrons. The van der Waals surface area contributed by atoms with Crippen LogP contribution in [0.15, 0.2) is 28.9 Å². The van der Waals surface area contributed by atoms with Crippen molar-refractivity contribution < 1.29 is 9.21 Å². The quantitative estimate of drug-likeness (QED) is 0.876. The molecule has 0 unspecified atom stereocenters. The molecule has 0 spiro atoms. The van der Waals surface area contributed by atoms with Crippen LogP contribution in [0, 0.1) is 5.92 Å². The van der Waals surface area contributed by atoms with Gasteiger partial charge in [-0.15, -0.1) is 0 Å². The van der Waals surface area contributed by atoms with E-state index in [0.29, 0.717) is 6.54 Å². The molecule has 0 radical (unpaired) electrons. The maximum atomic E-state index is 11.8. The van der Waals surface area contributed by atoms with E-state index in [1.807, 2.05) is 6.26 Å². The van der Waals surface area contributed by atoms with E-state index in [4.69, 9.17) is 4.42 Å². The molecule has 1 fully saturated rings. The van der Waals surface area contributed by atoms with Crippen molar-refractivity contribution in [3.8, 4) is 0 Å². The first kappa shape index (κ1) is 14.2. The Morgan fingerprint density at radius 1 is 1.33 bits per heavy atom. The summed E-state index contributed by atoms with van der Waals surface area (Å²) in [5.74, 6) is 0.489. The molecule has 1 aromatic heterocycles. The van der Waals surface area contributed by atoms with Crippen LogP contribution in [0.1, 0.15) is 43.7 Å². The van der Waals surface area contributed by atoms with Gasteiger partial charge in [-0.05, 0) is 48.9 Å². The first-order valence-electron chi connectivity index (χ1n) is 8.04. The van der Waals surface area contributed by atoms with Gasteiger partial charge in [0.1, 0.15) is 5.58 Å². The van der Waals surface area contributed by atoms with E-state index in [1.165, 1.54) is 22.9 Å². The highest BCUT2D eigenvalue weighted by Gasteiger charge is 2.24. The second-order valence-electron chi connectivity index (χ2n) is 6.01. The fourth-order valence-electron chi connectivity index (χ4n) is 2.90. The Balaban J connectivity index is 1.63. The van der Waals surface area contributed by atoms with Crippen LogP contribution >= 0.6 is 0 Å². The van der Waals surface area contributed by atoms with Crippen LogP contribution in [0.2, 0.25) is 0 Å². The van der Waals surface area contributed by atoms with Gasteiger partial charge in [0.25, 0.3) is 0 Å². The highest BCUT2D eigenvalue weighted by Crippen LogP contribution is 2.26. The summed E-state index contributed by atoms with van der Waals surface area (Å²) in [6.45, 7) is 2.89. The smallest absolute Gasteiger partial charge is 0.223 e. The van der Waals surface area contributed by atoms with Gasteiger partial charge in [0.05, 0.1) is 6.26 Å².